The fraction of sp³-hybridized carbons (Fsp3) is 0.444. The van der Waals surface area contributed by atoms with Crippen molar-refractivity contribution in [2.75, 3.05) is 7.11 Å². The molecule has 4 aliphatic carbocycles. The van der Waals surface area contributed by atoms with Crippen molar-refractivity contribution in [1.82, 2.24) is 0 Å². The third-order valence-corrected chi connectivity index (χ3v) is 5.76. The summed E-state index contributed by atoms with van der Waals surface area (Å²) in [4.78, 5) is 21.7. The summed E-state index contributed by atoms with van der Waals surface area (Å²) >= 11 is 0. The van der Waals surface area contributed by atoms with Gasteiger partial charge in [0.05, 0.1) is 7.11 Å². The summed E-state index contributed by atoms with van der Waals surface area (Å²) in [5, 5.41) is 0. The number of rotatable bonds is 4. The Bertz CT molecular complexity index is 755. The number of benzene rings is 1. The molecule has 24 heavy (non-hydrogen) atoms. The molecule has 0 spiro atoms. The van der Waals surface area contributed by atoms with Gasteiger partial charge in [-0.05, 0) is 61.1 Å². The Balaban J connectivity index is 1.73. The predicted octanol–water partition coefficient (Wildman–Crippen LogP) is 2.63. The molecule has 5 rings (SSSR count). The summed E-state index contributed by atoms with van der Waals surface area (Å²) in [5.74, 6) is 2.55. The molecule has 0 aromatic heterocycles. The van der Waals surface area contributed by atoms with Crippen LogP contribution in [-0.4, -0.2) is 7.11 Å². The van der Waals surface area contributed by atoms with E-state index in [2.05, 4.69) is 10.6 Å². The molecule has 2 fully saturated rings. The van der Waals surface area contributed by atoms with Gasteiger partial charge in [-0.1, -0.05) is 23.8 Å². The zero-order chi connectivity index (χ0) is 16.9. The Morgan fingerprint density at radius 3 is 2.50 bits per heavy atom. The molecule has 1 aromatic carbocycles. The molecule has 2 saturated carbocycles. The van der Waals surface area contributed by atoms with Crippen LogP contribution in [0.3, 0.4) is 0 Å². The van der Waals surface area contributed by atoms with Crippen LogP contribution >= 0.6 is 7.82 Å². The van der Waals surface area contributed by atoms with Gasteiger partial charge in [-0.15, -0.1) is 0 Å². The fourth-order valence-corrected chi connectivity index (χ4v) is 5.09. The molecule has 0 amide bonds. The van der Waals surface area contributed by atoms with Crippen LogP contribution in [0.1, 0.15) is 31.2 Å². The Kier molecular flexibility index (Phi) is 3.83. The first-order valence-corrected chi connectivity index (χ1v) is 9.68. The van der Waals surface area contributed by atoms with Crippen LogP contribution < -0.4 is 14.3 Å². The largest absolute Gasteiger partial charge is 0.780 e. The van der Waals surface area contributed by atoms with Gasteiger partial charge in [0.25, 0.3) is 0 Å². The van der Waals surface area contributed by atoms with Gasteiger partial charge in [0.1, 0.15) is 19.3 Å². The van der Waals surface area contributed by atoms with Gasteiger partial charge in [-0.3, -0.25) is 0 Å². The number of ether oxygens (including phenoxy) is 1. The maximum absolute atomic E-state index is 10.9. The first-order valence-electron chi connectivity index (χ1n) is 8.22. The number of phosphoric ester groups is 1. The van der Waals surface area contributed by atoms with E-state index in [1.807, 2.05) is 6.07 Å². The number of hydrogen-bond acceptors (Lipinski definition) is 5. The second-order valence-electron chi connectivity index (χ2n) is 6.91. The van der Waals surface area contributed by atoms with Gasteiger partial charge in [0.2, 0.25) is 0 Å². The zero-order valence-electron chi connectivity index (χ0n) is 13.4. The number of hydrogen-bond donors (Lipinski definition) is 0. The molecule has 4 aliphatic rings. The lowest BCUT2D eigenvalue weighted by Crippen LogP contribution is -2.35. The molecule has 6 heteroatoms. The highest BCUT2D eigenvalue weighted by Gasteiger charge is 2.42. The highest BCUT2D eigenvalue weighted by molar-refractivity contribution is 7.43. The molecular weight excluding hydrogens is 327 g/mol. The van der Waals surface area contributed by atoms with Crippen molar-refractivity contribution in [3.8, 4) is 5.75 Å². The summed E-state index contributed by atoms with van der Waals surface area (Å²) in [6, 6.07) is 6.58. The second kappa shape index (κ2) is 5.76. The van der Waals surface area contributed by atoms with Gasteiger partial charge in [0.15, 0.2) is 0 Å². The first kappa shape index (κ1) is 15.9. The third-order valence-electron chi connectivity index (χ3n) is 5.32. The van der Waals surface area contributed by atoms with Crippen molar-refractivity contribution < 1.29 is 23.6 Å². The average molecular weight is 346 g/mol. The Labute approximate surface area is 141 Å². The van der Waals surface area contributed by atoms with Crippen LogP contribution in [0.25, 0.3) is 5.76 Å². The minimum atomic E-state index is -5.06. The summed E-state index contributed by atoms with van der Waals surface area (Å²) in [6.07, 6.45) is 6.97. The number of phosphoric acid groups is 1. The Hall–Kier alpha value is -1.55. The number of allylic oxidation sites excluding steroid dienone is 3. The molecule has 0 N–H and O–H groups in total. The minimum Gasteiger partial charge on any atom is -0.780 e. The van der Waals surface area contributed by atoms with Gasteiger partial charge >= 0.3 is 0 Å². The van der Waals surface area contributed by atoms with Crippen LogP contribution in [0.5, 0.6) is 5.75 Å². The van der Waals surface area contributed by atoms with Crippen LogP contribution in [-0.2, 0) is 9.30 Å². The van der Waals surface area contributed by atoms with Crippen molar-refractivity contribution in [1.29, 1.82) is 0 Å². The van der Waals surface area contributed by atoms with E-state index in [0.29, 0.717) is 17.8 Å². The van der Waals surface area contributed by atoms with E-state index < -0.39 is 7.82 Å². The maximum Gasteiger partial charge on any atom is 0.125 e. The monoisotopic (exact) mass is 346 g/mol. The van der Waals surface area contributed by atoms with Crippen molar-refractivity contribution in [2.24, 2.45) is 17.8 Å². The standard InChI is InChI=1S/C18H21O5P/c1-22-18(13-3-2-4-16(10-13)23-24(19,20)21)17-14-6-11-5-12(8-14)9-15(17)7-11/h2-5,10-11,14-15H,6-9H2,1H3,(H2,19,20,21)/p-2. The molecule has 1 aromatic rings. The molecule has 0 heterocycles. The smallest absolute Gasteiger partial charge is 0.125 e. The summed E-state index contributed by atoms with van der Waals surface area (Å²) < 4.78 is 21.1. The lowest BCUT2D eigenvalue weighted by Gasteiger charge is -2.47. The van der Waals surface area contributed by atoms with Gasteiger partial charge < -0.3 is 23.6 Å². The van der Waals surface area contributed by atoms with Crippen LogP contribution in [0, 0.1) is 17.8 Å². The lowest BCUT2D eigenvalue weighted by molar-refractivity contribution is -0.333. The summed E-state index contributed by atoms with van der Waals surface area (Å²) in [6.45, 7) is 0. The Morgan fingerprint density at radius 1 is 1.21 bits per heavy atom. The number of methoxy groups -OCH3 is 1. The molecule has 2 unspecified atom stereocenters. The third kappa shape index (κ3) is 2.92. The van der Waals surface area contributed by atoms with Crippen molar-refractivity contribution in [2.45, 2.75) is 25.7 Å². The quantitative estimate of drug-likeness (QED) is 0.475. The molecule has 5 nitrogen and oxygen atoms in total. The zero-order valence-corrected chi connectivity index (χ0v) is 14.3. The SMILES string of the molecule is COC(=C1C2CC3=CC(C2)CC1C3)c1cccc(OP(=O)([O-])[O-])c1. The van der Waals surface area contributed by atoms with Gasteiger partial charge in [-0.25, -0.2) is 0 Å². The fourth-order valence-electron chi connectivity index (χ4n) is 4.72. The highest BCUT2D eigenvalue weighted by atomic mass is 31.2. The molecule has 2 atom stereocenters. The van der Waals surface area contributed by atoms with E-state index in [0.717, 1.165) is 37.0 Å². The average Bonchev–Trinajstić information content (AvgIpc) is 2.48. The van der Waals surface area contributed by atoms with E-state index in [-0.39, 0.29) is 5.75 Å². The van der Waals surface area contributed by atoms with Crippen molar-refractivity contribution in [3.63, 3.8) is 0 Å². The van der Waals surface area contributed by atoms with E-state index in [1.165, 1.54) is 11.6 Å². The van der Waals surface area contributed by atoms with Crippen LogP contribution in [0.2, 0.25) is 0 Å². The van der Waals surface area contributed by atoms with Crippen LogP contribution in [0.15, 0.2) is 41.5 Å². The highest BCUT2D eigenvalue weighted by Crippen LogP contribution is 2.55. The molecule has 0 saturated heterocycles. The van der Waals surface area contributed by atoms with E-state index in [1.54, 1.807) is 24.8 Å². The first-order chi connectivity index (χ1) is 11.4. The van der Waals surface area contributed by atoms with Gasteiger partial charge in [-0.2, -0.15) is 0 Å². The lowest BCUT2D eigenvalue weighted by atomic mass is 9.58. The van der Waals surface area contributed by atoms with Gasteiger partial charge in [0, 0.05) is 5.56 Å². The minimum absolute atomic E-state index is 0.0301. The summed E-state index contributed by atoms with van der Waals surface area (Å²) in [5.41, 5.74) is 3.68. The maximum atomic E-state index is 10.9. The topological polar surface area (TPSA) is 81.7 Å². The predicted molar refractivity (Wildman–Crippen MR) is 85.6 cm³/mol. The van der Waals surface area contributed by atoms with Crippen LogP contribution in [0.4, 0.5) is 0 Å². The molecule has 0 aliphatic heterocycles. The van der Waals surface area contributed by atoms with Crippen molar-refractivity contribution in [3.05, 3.63) is 47.1 Å². The summed E-state index contributed by atoms with van der Waals surface area (Å²) in [7, 11) is -3.42. The van der Waals surface area contributed by atoms with Crippen molar-refractivity contribution >= 4 is 13.6 Å². The second-order valence-corrected chi connectivity index (χ2v) is 7.99. The van der Waals surface area contributed by atoms with E-state index >= 15 is 0 Å². The van der Waals surface area contributed by atoms with E-state index in [4.69, 9.17) is 4.74 Å². The molecular formula is C18H19O5P-2. The molecule has 0 radical (unpaired) electrons. The molecule has 4 bridgehead atoms. The van der Waals surface area contributed by atoms with E-state index in [9.17, 15) is 14.4 Å². The Morgan fingerprint density at radius 2 is 1.92 bits per heavy atom. The molecule has 128 valence electrons. The normalized spacial score (nSPS) is 27.9.